The third-order valence-electron chi connectivity index (χ3n) is 4.52. The summed E-state index contributed by atoms with van der Waals surface area (Å²) < 4.78 is 11.6. The van der Waals surface area contributed by atoms with Crippen LogP contribution in [0, 0.1) is 0 Å². The fraction of sp³-hybridized carbons (Fsp3) is 0.409. The molecule has 1 aliphatic rings. The molecule has 0 bridgehead atoms. The van der Waals surface area contributed by atoms with Gasteiger partial charge in [0, 0.05) is 10.0 Å². The molecule has 5 nitrogen and oxygen atoms in total. The number of hydrogen-bond acceptors (Lipinski definition) is 5. The topological polar surface area (TPSA) is 67.8 Å². The average Bonchev–Trinajstić information content (AvgIpc) is 2.62. The number of nitrogens with one attached hydrogen (secondary N) is 1. The van der Waals surface area contributed by atoms with Gasteiger partial charge in [0.25, 0.3) is 0 Å². The molecule has 0 aromatic heterocycles. The summed E-state index contributed by atoms with van der Waals surface area (Å²) in [4.78, 5) is 12.3. The minimum Gasteiger partial charge on any atom is -0.460 e. The average molecular weight is 438 g/mol. The van der Waals surface area contributed by atoms with Crippen LogP contribution in [0.4, 0.5) is 0 Å². The summed E-state index contributed by atoms with van der Waals surface area (Å²) in [5.41, 5.74) is 1.13. The number of hydrogen-bond donors (Lipinski definition) is 2. The zero-order valence-electron chi connectivity index (χ0n) is 16.6. The van der Waals surface area contributed by atoms with Crippen molar-refractivity contribution in [2.75, 3.05) is 0 Å². The second-order valence-electron chi connectivity index (χ2n) is 8.08. The maximum atomic E-state index is 12.3. The van der Waals surface area contributed by atoms with E-state index in [4.69, 9.17) is 32.7 Å². The summed E-state index contributed by atoms with van der Waals surface area (Å²) in [5.74, 6) is -0.432. The molecule has 0 amide bonds. The molecule has 7 heteroatoms. The van der Waals surface area contributed by atoms with Gasteiger partial charge >= 0.3 is 5.97 Å². The molecule has 1 heterocycles. The van der Waals surface area contributed by atoms with Gasteiger partial charge in [-0.15, -0.1) is 0 Å². The summed E-state index contributed by atoms with van der Waals surface area (Å²) in [6, 6.07) is 14.3. The molecule has 156 valence electrons. The molecule has 1 saturated heterocycles. The molecule has 1 fully saturated rings. The Hall–Kier alpha value is -1.63. The summed E-state index contributed by atoms with van der Waals surface area (Å²) >= 11 is 12.2. The van der Waals surface area contributed by atoms with Crippen molar-refractivity contribution in [3.8, 4) is 0 Å². The Bertz CT molecular complexity index is 851. The van der Waals surface area contributed by atoms with E-state index in [0.717, 1.165) is 11.1 Å². The first-order chi connectivity index (χ1) is 13.6. The van der Waals surface area contributed by atoms with Crippen LogP contribution >= 0.6 is 23.2 Å². The van der Waals surface area contributed by atoms with Crippen molar-refractivity contribution in [1.82, 2.24) is 5.32 Å². The van der Waals surface area contributed by atoms with Gasteiger partial charge in [0.1, 0.15) is 24.0 Å². The first-order valence-corrected chi connectivity index (χ1v) is 10.2. The minimum absolute atomic E-state index is 0.0736. The third-order valence-corrected chi connectivity index (χ3v) is 5.01. The lowest BCUT2D eigenvalue weighted by atomic mass is 9.93. The monoisotopic (exact) mass is 437 g/mol. The third kappa shape index (κ3) is 5.93. The Kier molecular flexibility index (Phi) is 6.87. The van der Waals surface area contributed by atoms with E-state index in [2.05, 4.69) is 5.32 Å². The number of aliphatic hydroxyl groups is 1. The smallest absolute Gasteiger partial charge is 0.309 e. The Balaban J connectivity index is 1.87. The maximum Gasteiger partial charge on any atom is 0.309 e. The lowest BCUT2D eigenvalue weighted by Crippen LogP contribution is -2.52. The lowest BCUT2D eigenvalue weighted by Gasteiger charge is -2.41. The Morgan fingerprint density at radius 2 is 1.79 bits per heavy atom. The van der Waals surface area contributed by atoms with Gasteiger partial charge in [-0.2, -0.15) is 0 Å². The van der Waals surface area contributed by atoms with E-state index in [1.807, 2.05) is 30.3 Å². The van der Waals surface area contributed by atoms with E-state index in [0.29, 0.717) is 10.0 Å². The van der Waals surface area contributed by atoms with Gasteiger partial charge in [-0.3, -0.25) is 10.1 Å². The Morgan fingerprint density at radius 3 is 2.41 bits per heavy atom. The summed E-state index contributed by atoms with van der Waals surface area (Å²) in [5, 5.41) is 15.0. The van der Waals surface area contributed by atoms with Crippen molar-refractivity contribution in [3.63, 3.8) is 0 Å². The minimum atomic E-state index is -1.04. The number of carbonyl (C=O) groups excluding carboxylic acids is 1. The van der Waals surface area contributed by atoms with Gasteiger partial charge in [-0.05, 0) is 56.2 Å². The van der Waals surface area contributed by atoms with Crippen LogP contribution in [0.5, 0.6) is 0 Å². The van der Waals surface area contributed by atoms with E-state index in [9.17, 15) is 9.90 Å². The number of esters is 1. The van der Waals surface area contributed by atoms with Crippen molar-refractivity contribution < 1.29 is 19.4 Å². The van der Waals surface area contributed by atoms with Crippen LogP contribution in [0.15, 0.2) is 48.5 Å². The Labute approximate surface area is 180 Å². The Morgan fingerprint density at radius 1 is 1.10 bits per heavy atom. The maximum absolute atomic E-state index is 12.3. The van der Waals surface area contributed by atoms with Gasteiger partial charge in [0.15, 0.2) is 0 Å². The largest absolute Gasteiger partial charge is 0.460 e. The van der Waals surface area contributed by atoms with Crippen LogP contribution in [0.1, 0.15) is 50.5 Å². The standard InChI is InChI=1S/C22H25Cl2NO4/c1-22(2,3)29-18(26)12-17-21(27)25-19(13-7-9-15(23)10-8-13)20(28-17)14-5-4-6-16(24)11-14/h4-11,17,19-21,25,27H,12H2,1-3H3. The molecule has 29 heavy (non-hydrogen) atoms. The van der Waals surface area contributed by atoms with E-state index in [-0.39, 0.29) is 12.5 Å². The molecule has 2 N–H and O–H groups in total. The van der Waals surface area contributed by atoms with Crippen molar-refractivity contribution in [3.05, 3.63) is 69.7 Å². The second-order valence-corrected chi connectivity index (χ2v) is 8.95. The molecule has 0 aliphatic carbocycles. The van der Waals surface area contributed by atoms with Gasteiger partial charge in [0.2, 0.25) is 0 Å². The van der Waals surface area contributed by atoms with E-state index >= 15 is 0 Å². The van der Waals surface area contributed by atoms with Crippen LogP contribution in [0.3, 0.4) is 0 Å². The zero-order chi connectivity index (χ0) is 21.2. The molecule has 0 radical (unpaired) electrons. The summed E-state index contributed by atoms with van der Waals surface area (Å²) in [7, 11) is 0. The molecule has 0 saturated carbocycles. The number of benzene rings is 2. The molecule has 2 aromatic rings. The SMILES string of the molecule is CC(C)(C)OC(=O)CC1OC(c2cccc(Cl)c2)C(c2ccc(Cl)cc2)NC1O. The predicted octanol–water partition coefficient (Wildman–Crippen LogP) is 4.81. The van der Waals surface area contributed by atoms with Crippen LogP contribution in [0.2, 0.25) is 10.0 Å². The first kappa shape index (κ1) is 22.1. The molecule has 3 rings (SSSR count). The van der Waals surface area contributed by atoms with Gasteiger partial charge in [0.05, 0.1) is 12.5 Å². The van der Waals surface area contributed by atoms with Crippen molar-refractivity contribution in [2.45, 2.75) is 57.3 Å². The zero-order valence-corrected chi connectivity index (χ0v) is 18.1. The van der Waals surface area contributed by atoms with Crippen molar-refractivity contribution in [2.24, 2.45) is 0 Å². The summed E-state index contributed by atoms with van der Waals surface area (Å²) in [6.07, 6.45) is -2.35. The van der Waals surface area contributed by atoms with E-state index in [1.54, 1.807) is 39.0 Å². The van der Waals surface area contributed by atoms with Crippen LogP contribution in [-0.2, 0) is 14.3 Å². The first-order valence-electron chi connectivity index (χ1n) is 9.45. The van der Waals surface area contributed by atoms with Crippen LogP contribution < -0.4 is 5.32 Å². The molecule has 0 spiro atoms. The number of rotatable bonds is 4. The van der Waals surface area contributed by atoms with E-state index in [1.165, 1.54) is 0 Å². The predicted molar refractivity (Wildman–Crippen MR) is 113 cm³/mol. The fourth-order valence-electron chi connectivity index (χ4n) is 3.32. The van der Waals surface area contributed by atoms with Crippen LogP contribution in [0.25, 0.3) is 0 Å². The lowest BCUT2D eigenvalue weighted by molar-refractivity contribution is -0.176. The number of morpholine rings is 1. The van der Waals surface area contributed by atoms with Crippen molar-refractivity contribution >= 4 is 29.2 Å². The number of aliphatic hydroxyl groups excluding tert-OH is 1. The summed E-state index contributed by atoms with van der Waals surface area (Å²) in [6.45, 7) is 5.39. The number of carbonyl (C=O) groups is 1. The highest BCUT2D eigenvalue weighted by Gasteiger charge is 2.39. The number of halogens is 2. The molecule has 2 aromatic carbocycles. The van der Waals surface area contributed by atoms with Gasteiger partial charge < -0.3 is 14.6 Å². The highest BCUT2D eigenvalue weighted by Crippen LogP contribution is 2.39. The molecule has 4 unspecified atom stereocenters. The molecular formula is C22H25Cl2NO4. The van der Waals surface area contributed by atoms with Gasteiger partial charge in [-0.1, -0.05) is 47.5 Å². The normalized spacial score (nSPS) is 24.9. The molecule has 4 atom stereocenters. The van der Waals surface area contributed by atoms with Crippen molar-refractivity contribution in [1.29, 1.82) is 0 Å². The molecule has 1 aliphatic heterocycles. The number of ether oxygens (including phenoxy) is 2. The fourth-order valence-corrected chi connectivity index (χ4v) is 3.65. The second kappa shape index (κ2) is 9.02. The highest BCUT2D eigenvalue weighted by atomic mass is 35.5. The highest BCUT2D eigenvalue weighted by molar-refractivity contribution is 6.30. The van der Waals surface area contributed by atoms with Crippen LogP contribution in [-0.4, -0.2) is 29.0 Å². The van der Waals surface area contributed by atoms with Gasteiger partial charge in [-0.25, -0.2) is 0 Å². The molecular weight excluding hydrogens is 413 g/mol. The van der Waals surface area contributed by atoms with E-state index < -0.39 is 30.0 Å². The quantitative estimate of drug-likeness (QED) is 0.671.